The highest BCUT2D eigenvalue weighted by molar-refractivity contribution is 6.45. The number of hydrogen-bond acceptors (Lipinski definition) is 4. The second kappa shape index (κ2) is 8.33. The van der Waals surface area contributed by atoms with E-state index < -0.39 is 30.3 Å². The third kappa shape index (κ3) is 4.35. The lowest BCUT2D eigenvalue weighted by Crippen LogP contribution is -2.43. The molecule has 1 aromatic rings. The minimum Gasteiger partial charge on any atom is -0.347 e. The molecule has 1 saturated heterocycles. The Kier molecular flexibility index (Phi) is 6.36. The summed E-state index contributed by atoms with van der Waals surface area (Å²) in [4.78, 5) is 49.8. The first-order chi connectivity index (χ1) is 12.7. The van der Waals surface area contributed by atoms with Crippen LogP contribution in [0.3, 0.4) is 0 Å². The number of rotatable bonds is 7. The van der Waals surface area contributed by atoms with Crippen molar-refractivity contribution in [1.29, 1.82) is 0 Å². The van der Waals surface area contributed by atoms with Gasteiger partial charge in [0.1, 0.15) is 6.54 Å². The highest BCUT2D eigenvalue weighted by atomic mass is 16.2. The van der Waals surface area contributed by atoms with Crippen molar-refractivity contribution in [1.82, 2.24) is 15.1 Å². The number of imide groups is 2. The molecular weight excluding hydrogens is 346 g/mol. The van der Waals surface area contributed by atoms with Crippen molar-refractivity contribution < 1.29 is 19.2 Å². The molecule has 27 heavy (non-hydrogen) atoms. The Morgan fingerprint density at radius 3 is 1.89 bits per heavy atom. The molecule has 1 atom stereocenters. The van der Waals surface area contributed by atoms with Gasteiger partial charge in [-0.1, -0.05) is 52.0 Å². The molecule has 1 heterocycles. The fourth-order valence-corrected chi connectivity index (χ4v) is 3.05. The van der Waals surface area contributed by atoms with Crippen LogP contribution in [-0.4, -0.2) is 46.6 Å². The standard InChI is InChI=1S/C20H27N3O4/c1-6-22-18(25)19(26)23(20(22)27)11-16(24)21-17(13(4)5)15-9-7-14(8-10-15)12(2)3/h7-10,12-13,17H,6,11H2,1-5H3,(H,21,24). The molecule has 146 valence electrons. The summed E-state index contributed by atoms with van der Waals surface area (Å²) < 4.78 is 0. The van der Waals surface area contributed by atoms with Crippen molar-refractivity contribution in [2.75, 3.05) is 13.1 Å². The molecule has 1 unspecified atom stereocenters. The zero-order valence-corrected chi connectivity index (χ0v) is 16.5. The Morgan fingerprint density at radius 1 is 0.926 bits per heavy atom. The number of hydrogen-bond donors (Lipinski definition) is 1. The average molecular weight is 373 g/mol. The van der Waals surface area contributed by atoms with E-state index in [2.05, 4.69) is 19.2 Å². The molecule has 0 bridgehead atoms. The summed E-state index contributed by atoms with van der Waals surface area (Å²) in [6, 6.07) is 7.03. The van der Waals surface area contributed by atoms with Gasteiger partial charge in [-0.25, -0.2) is 9.69 Å². The highest BCUT2D eigenvalue weighted by Gasteiger charge is 2.44. The first kappa shape index (κ1) is 20.6. The smallest absolute Gasteiger partial charge is 0.334 e. The molecular formula is C20H27N3O4. The summed E-state index contributed by atoms with van der Waals surface area (Å²) in [6.07, 6.45) is 0. The van der Waals surface area contributed by atoms with E-state index in [1.165, 1.54) is 5.56 Å². The fraction of sp³-hybridized carbons (Fsp3) is 0.500. The minimum atomic E-state index is -0.959. The number of amides is 5. The third-order valence-corrected chi connectivity index (χ3v) is 4.70. The van der Waals surface area contributed by atoms with Crippen molar-refractivity contribution in [2.45, 2.75) is 46.6 Å². The van der Waals surface area contributed by atoms with E-state index in [1.807, 2.05) is 38.1 Å². The van der Waals surface area contributed by atoms with Gasteiger partial charge in [-0.05, 0) is 29.9 Å². The van der Waals surface area contributed by atoms with Crippen LogP contribution in [0, 0.1) is 5.92 Å². The monoisotopic (exact) mass is 373 g/mol. The summed E-state index contributed by atoms with van der Waals surface area (Å²) >= 11 is 0. The Labute approximate surface area is 159 Å². The van der Waals surface area contributed by atoms with Crippen molar-refractivity contribution >= 4 is 23.8 Å². The maximum atomic E-state index is 12.5. The van der Waals surface area contributed by atoms with Crippen LogP contribution in [0.5, 0.6) is 0 Å². The number of likely N-dealkylation sites (N-methyl/N-ethyl adjacent to an activating group) is 1. The summed E-state index contributed by atoms with van der Waals surface area (Å²) in [5, 5.41) is 2.88. The normalized spacial score (nSPS) is 15.9. The Hall–Kier alpha value is -2.70. The number of nitrogens with one attached hydrogen (secondary N) is 1. The number of urea groups is 1. The van der Waals surface area contributed by atoms with Gasteiger partial charge in [0.15, 0.2) is 0 Å². The average Bonchev–Trinajstić information content (AvgIpc) is 2.82. The lowest BCUT2D eigenvalue weighted by molar-refractivity contribution is -0.144. The number of carbonyl (C=O) groups excluding carboxylic acids is 4. The third-order valence-electron chi connectivity index (χ3n) is 4.70. The molecule has 0 radical (unpaired) electrons. The fourth-order valence-electron chi connectivity index (χ4n) is 3.05. The lowest BCUT2D eigenvalue weighted by atomic mass is 9.93. The molecule has 1 fully saturated rings. The van der Waals surface area contributed by atoms with Gasteiger partial charge in [0.05, 0.1) is 6.04 Å². The molecule has 5 amide bonds. The predicted molar refractivity (Wildman–Crippen MR) is 101 cm³/mol. The van der Waals surface area contributed by atoms with Gasteiger partial charge in [-0.15, -0.1) is 0 Å². The summed E-state index contributed by atoms with van der Waals surface area (Å²) in [6.45, 7) is 9.42. The molecule has 1 aromatic carbocycles. The van der Waals surface area contributed by atoms with Crippen LogP contribution in [0.15, 0.2) is 24.3 Å². The van der Waals surface area contributed by atoms with Crippen molar-refractivity contribution in [3.8, 4) is 0 Å². The SMILES string of the molecule is CCN1C(=O)C(=O)N(CC(=O)NC(c2ccc(C(C)C)cc2)C(C)C)C1=O. The van der Waals surface area contributed by atoms with Crippen LogP contribution in [0.25, 0.3) is 0 Å². The summed E-state index contributed by atoms with van der Waals surface area (Å²) in [5.41, 5.74) is 2.16. The van der Waals surface area contributed by atoms with Gasteiger partial charge in [0, 0.05) is 6.54 Å². The predicted octanol–water partition coefficient (Wildman–Crippen LogP) is 2.43. The number of benzene rings is 1. The Bertz CT molecular complexity index is 740. The van der Waals surface area contributed by atoms with Gasteiger partial charge in [0.2, 0.25) is 5.91 Å². The van der Waals surface area contributed by atoms with Gasteiger partial charge < -0.3 is 5.32 Å². The van der Waals surface area contributed by atoms with E-state index in [9.17, 15) is 19.2 Å². The van der Waals surface area contributed by atoms with E-state index in [1.54, 1.807) is 6.92 Å². The van der Waals surface area contributed by atoms with Crippen LogP contribution < -0.4 is 5.32 Å². The zero-order valence-electron chi connectivity index (χ0n) is 16.5. The molecule has 0 aliphatic carbocycles. The van der Waals surface area contributed by atoms with Crippen LogP contribution in [-0.2, 0) is 14.4 Å². The molecule has 7 nitrogen and oxygen atoms in total. The maximum Gasteiger partial charge on any atom is 0.334 e. The van der Waals surface area contributed by atoms with E-state index in [0.717, 1.165) is 10.5 Å². The van der Waals surface area contributed by atoms with E-state index >= 15 is 0 Å². The zero-order chi connectivity index (χ0) is 20.3. The van der Waals surface area contributed by atoms with Crippen LogP contribution in [0.1, 0.15) is 57.7 Å². The minimum absolute atomic E-state index is 0.0956. The van der Waals surface area contributed by atoms with Gasteiger partial charge in [-0.2, -0.15) is 0 Å². The summed E-state index contributed by atoms with van der Waals surface area (Å²) in [5.74, 6) is -1.80. The van der Waals surface area contributed by atoms with Crippen LogP contribution >= 0.6 is 0 Å². The topological polar surface area (TPSA) is 86.8 Å². The molecule has 1 aliphatic heterocycles. The van der Waals surface area contributed by atoms with Gasteiger partial charge in [-0.3, -0.25) is 19.3 Å². The second-order valence-corrected chi connectivity index (χ2v) is 7.33. The van der Waals surface area contributed by atoms with E-state index in [4.69, 9.17) is 0 Å². The molecule has 2 rings (SSSR count). The van der Waals surface area contributed by atoms with Crippen molar-refractivity contribution in [3.05, 3.63) is 35.4 Å². The lowest BCUT2D eigenvalue weighted by Gasteiger charge is -2.24. The van der Waals surface area contributed by atoms with E-state index in [0.29, 0.717) is 10.8 Å². The highest BCUT2D eigenvalue weighted by Crippen LogP contribution is 2.24. The molecule has 0 spiro atoms. The number of nitrogens with zero attached hydrogens (tertiary/aromatic N) is 2. The molecule has 7 heteroatoms. The Balaban J connectivity index is 2.10. The summed E-state index contributed by atoms with van der Waals surface area (Å²) in [7, 11) is 0. The molecule has 0 saturated carbocycles. The van der Waals surface area contributed by atoms with Crippen molar-refractivity contribution in [3.63, 3.8) is 0 Å². The second-order valence-electron chi connectivity index (χ2n) is 7.33. The van der Waals surface area contributed by atoms with Crippen LogP contribution in [0.4, 0.5) is 4.79 Å². The van der Waals surface area contributed by atoms with Gasteiger partial charge >= 0.3 is 17.8 Å². The molecule has 1 aliphatic rings. The quantitative estimate of drug-likeness (QED) is 0.587. The van der Waals surface area contributed by atoms with Crippen LogP contribution in [0.2, 0.25) is 0 Å². The number of carbonyl (C=O) groups is 4. The first-order valence-electron chi connectivity index (χ1n) is 9.23. The maximum absolute atomic E-state index is 12.5. The van der Waals surface area contributed by atoms with Crippen molar-refractivity contribution in [2.24, 2.45) is 5.92 Å². The first-order valence-corrected chi connectivity index (χ1v) is 9.23. The van der Waals surface area contributed by atoms with E-state index in [-0.39, 0.29) is 18.5 Å². The van der Waals surface area contributed by atoms with Gasteiger partial charge in [0.25, 0.3) is 0 Å². The Morgan fingerprint density at radius 2 is 1.44 bits per heavy atom. The molecule has 1 N–H and O–H groups in total. The molecule has 0 aromatic heterocycles. The largest absolute Gasteiger partial charge is 0.347 e.